The first kappa shape index (κ1) is 16.1. The second-order valence-corrected chi connectivity index (χ2v) is 6.72. The van der Waals surface area contributed by atoms with Crippen molar-refractivity contribution in [2.24, 2.45) is 0 Å². The number of carbonyl (C=O) groups excluding carboxylic acids is 1. The number of thiazole rings is 1. The zero-order valence-corrected chi connectivity index (χ0v) is 13.4. The molecule has 22 heavy (non-hydrogen) atoms. The highest BCUT2D eigenvalue weighted by molar-refractivity contribution is 7.09. The minimum Gasteiger partial charge on any atom is -0.477 e. The summed E-state index contributed by atoms with van der Waals surface area (Å²) in [6.07, 6.45) is 0. The number of aromatic nitrogens is 2. The van der Waals surface area contributed by atoms with Crippen LogP contribution in [-0.4, -0.2) is 27.0 Å². The van der Waals surface area contributed by atoms with Gasteiger partial charge in [-0.05, 0) is 12.1 Å². The van der Waals surface area contributed by atoms with Crippen molar-refractivity contribution in [2.75, 3.05) is 0 Å². The molecule has 6 nitrogen and oxygen atoms in total. The second-order valence-electron chi connectivity index (χ2n) is 5.77. The lowest BCUT2D eigenvalue weighted by atomic mass is 9.93. The highest BCUT2D eigenvalue weighted by atomic mass is 32.1. The van der Waals surface area contributed by atoms with E-state index in [1.165, 1.54) is 29.5 Å². The third kappa shape index (κ3) is 3.88. The van der Waals surface area contributed by atoms with Crippen molar-refractivity contribution in [1.29, 1.82) is 0 Å². The molecule has 116 valence electrons. The van der Waals surface area contributed by atoms with Gasteiger partial charge in [0.25, 0.3) is 5.91 Å². The van der Waals surface area contributed by atoms with Gasteiger partial charge in [0, 0.05) is 10.8 Å². The van der Waals surface area contributed by atoms with E-state index in [0.717, 1.165) is 10.7 Å². The number of nitrogens with one attached hydrogen (secondary N) is 1. The first-order valence-corrected chi connectivity index (χ1v) is 7.59. The van der Waals surface area contributed by atoms with Crippen molar-refractivity contribution in [2.45, 2.75) is 32.7 Å². The van der Waals surface area contributed by atoms with Crippen LogP contribution in [0.4, 0.5) is 0 Å². The van der Waals surface area contributed by atoms with Gasteiger partial charge >= 0.3 is 5.97 Å². The third-order valence-electron chi connectivity index (χ3n) is 2.92. The van der Waals surface area contributed by atoms with Crippen LogP contribution in [0.15, 0.2) is 23.6 Å². The maximum Gasteiger partial charge on any atom is 0.354 e. The number of pyridine rings is 1. The molecule has 2 rings (SSSR count). The number of hydrogen-bond acceptors (Lipinski definition) is 5. The van der Waals surface area contributed by atoms with Crippen molar-refractivity contribution < 1.29 is 14.7 Å². The molecule has 2 heterocycles. The third-order valence-corrected chi connectivity index (χ3v) is 3.77. The summed E-state index contributed by atoms with van der Waals surface area (Å²) in [6.45, 7) is 6.52. The minimum absolute atomic E-state index is 0.0316. The zero-order chi connectivity index (χ0) is 16.3. The maximum atomic E-state index is 12.0. The van der Waals surface area contributed by atoms with Crippen LogP contribution in [0.25, 0.3) is 0 Å². The molecule has 2 N–H and O–H groups in total. The first-order valence-electron chi connectivity index (χ1n) is 6.71. The van der Waals surface area contributed by atoms with E-state index in [0.29, 0.717) is 6.54 Å². The molecule has 0 aliphatic heterocycles. The van der Waals surface area contributed by atoms with E-state index in [1.54, 1.807) is 0 Å². The molecule has 0 atom stereocenters. The van der Waals surface area contributed by atoms with Gasteiger partial charge in [-0.3, -0.25) is 4.79 Å². The summed E-state index contributed by atoms with van der Waals surface area (Å²) in [7, 11) is 0. The fraction of sp³-hybridized carbons (Fsp3) is 0.333. The van der Waals surface area contributed by atoms with E-state index < -0.39 is 11.9 Å². The van der Waals surface area contributed by atoms with Gasteiger partial charge in [-0.15, -0.1) is 11.3 Å². The van der Waals surface area contributed by atoms with Crippen molar-refractivity contribution >= 4 is 23.2 Å². The fourth-order valence-corrected chi connectivity index (χ4v) is 2.62. The molecule has 0 fully saturated rings. The van der Waals surface area contributed by atoms with Gasteiger partial charge in [0.15, 0.2) is 0 Å². The van der Waals surface area contributed by atoms with Crippen molar-refractivity contribution in [1.82, 2.24) is 15.3 Å². The number of carbonyl (C=O) groups is 2. The SMILES string of the molecule is CC(C)(C)c1csc(CNC(=O)c2cccc(C(=O)O)n2)n1. The van der Waals surface area contributed by atoms with E-state index in [1.807, 2.05) is 5.38 Å². The number of amides is 1. The molecule has 0 aliphatic carbocycles. The number of hydrogen-bond donors (Lipinski definition) is 2. The number of nitrogens with zero attached hydrogens (tertiary/aromatic N) is 2. The molecule has 0 aromatic carbocycles. The molecule has 2 aromatic rings. The van der Waals surface area contributed by atoms with Crippen molar-refractivity contribution in [3.05, 3.63) is 45.7 Å². The van der Waals surface area contributed by atoms with E-state index in [9.17, 15) is 9.59 Å². The molecule has 0 saturated heterocycles. The van der Waals surface area contributed by atoms with E-state index in [4.69, 9.17) is 5.11 Å². The molecule has 0 aliphatic rings. The summed E-state index contributed by atoms with van der Waals surface area (Å²) in [5.41, 5.74) is 0.869. The van der Waals surface area contributed by atoms with Crippen LogP contribution in [-0.2, 0) is 12.0 Å². The lowest BCUT2D eigenvalue weighted by Crippen LogP contribution is -2.24. The molecular weight excluding hydrogens is 302 g/mol. The van der Waals surface area contributed by atoms with Gasteiger partial charge in [0.05, 0.1) is 12.2 Å². The average molecular weight is 319 g/mol. The highest BCUT2D eigenvalue weighted by Gasteiger charge is 2.18. The standard InChI is InChI=1S/C15H17N3O3S/c1-15(2,3)11-8-22-12(18-11)7-16-13(19)9-5-4-6-10(17-9)14(20)21/h4-6,8H,7H2,1-3H3,(H,16,19)(H,20,21). The molecule has 1 amide bonds. The van der Waals surface area contributed by atoms with Crippen LogP contribution in [0.5, 0.6) is 0 Å². The Morgan fingerprint density at radius 3 is 2.50 bits per heavy atom. The predicted octanol–water partition coefficient (Wildman–Crippen LogP) is 2.46. The van der Waals surface area contributed by atoms with Gasteiger partial charge in [0.2, 0.25) is 0 Å². The Labute approximate surface area is 132 Å². The molecule has 2 aromatic heterocycles. The van der Waals surface area contributed by atoms with Crippen LogP contribution in [0.1, 0.15) is 52.4 Å². The fourth-order valence-electron chi connectivity index (χ4n) is 1.66. The van der Waals surface area contributed by atoms with Gasteiger partial charge < -0.3 is 10.4 Å². The molecule has 0 bridgehead atoms. The van der Waals surface area contributed by atoms with Gasteiger partial charge in [0.1, 0.15) is 16.4 Å². The number of carboxylic acids is 1. The van der Waals surface area contributed by atoms with Crippen LogP contribution < -0.4 is 5.32 Å². The smallest absolute Gasteiger partial charge is 0.354 e. The Hall–Kier alpha value is -2.28. The Balaban J connectivity index is 2.02. The Morgan fingerprint density at radius 1 is 1.23 bits per heavy atom. The largest absolute Gasteiger partial charge is 0.477 e. The van der Waals surface area contributed by atoms with Crippen molar-refractivity contribution in [3.63, 3.8) is 0 Å². The summed E-state index contributed by atoms with van der Waals surface area (Å²) in [5, 5.41) is 14.4. The maximum absolute atomic E-state index is 12.0. The quantitative estimate of drug-likeness (QED) is 0.903. The molecule has 0 radical (unpaired) electrons. The highest BCUT2D eigenvalue weighted by Crippen LogP contribution is 2.23. The summed E-state index contributed by atoms with van der Waals surface area (Å²) in [4.78, 5) is 31.1. The number of aromatic carboxylic acids is 1. The van der Waals surface area contributed by atoms with E-state index in [-0.39, 0.29) is 16.8 Å². The van der Waals surface area contributed by atoms with Crippen LogP contribution in [0.2, 0.25) is 0 Å². The molecule has 0 saturated carbocycles. The van der Waals surface area contributed by atoms with Crippen LogP contribution in [0.3, 0.4) is 0 Å². The van der Waals surface area contributed by atoms with Crippen LogP contribution >= 0.6 is 11.3 Å². The first-order chi connectivity index (χ1) is 10.3. The average Bonchev–Trinajstić information content (AvgIpc) is 2.94. The molecule has 0 spiro atoms. The van der Waals surface area contributed by atoms with Gasteiger partial charge in [-0.25, -0.2) is 14.8 Å². The van der Waals surface area contributed by atoms with Crippen molar-refractivity contribution in [3.8, 4) is 0 Å². The second kappa shape index (κ2) is 6.23. The van der Waals surface area contributed by atoms with E-state index >= 15 is 0 Å². The van der Waals surface area contributed by atoms with E-state index in [2.05, 4.69) is 36.1 Å². The van der Waals surface area contributed by atoms with Gasteiger partial charge in [-0.2, -0.15) is 0 Å². The Bertz CT molecular complexity index is 704. The summed E-state index contributed by atoms with van der Waals surface area (Å²) in [6, 6.07) is 4.31. The van der Waals surface area contributed by atoms with Crippen LogP contribution in [0, 0.1) is 0 Å². The molecule has 0 unspecified atom stereocenters. The monoisotopic (exact) mass is 319 g/mol. The Morgan fingerprint density at radius 2 is 1.91 bits per heavy atom. The Kier molecular flexibility index (Phi) is 4.56. The number of rotatable bonds is 4. The normalized spacial score (nSPS) is 11.2. The van der Waals surface area contributed by atoms with Gasteiger partial charge in [-0.1, -0.05) is 26.8 Å². The summed E-state index contributed by atoms with van der Waals surface area (Å²) in [5.74, 6) is -1.58. The molecular formula is C15H17N3O3S. The number of carboxylic acid groups (broad SMARTS) is 1. The summed E-state index contributed by atoms with van der Waals surface area (Å²) >= 11 is 1.48. The minimum atomic E-state index is -1.16. The zero-order valence-electron chi connectivity index (χ0n) is 12.6. The lowest BCUT2D eigenvalue weighted by Gasteiger charge is -2.14. The topological polar surface area (TPSA) is 92.2 Å². The summed E-state index contributed by atoms with van der Waals surface area (Å²) < 4.78 is 0. The lowest BCUT2D eigenvalue weighted by molar-refractivity contribution is 0.0690. The predicted molar refractivity (Wildman–Crippen MR) is 83.2 cm³/mol. The molecule has 7 heteroatoms.